The molecule has 1 fully saturated rings. The minimum atomic E-state index is 0.238. The molecule has 7 heteroatoms. The minimum Gasteiger partial charge on any atom is -0.397 e. The van der Waals surface area contributed by atoms with E-state index >= 15 is 0 Å². The Bertz CT molecular complexity index is 539. The molecule has 0 radical (unpaired) electrons. The van der Waals surface area contributed by atoms with Crippen molar-refractivity contribution in [1.29, 1.82) is 0 Å². The van der Waals surface area contributed by atoms with Crippen LogP contribution in [0.5, 0.6) is 0 Å². The Balaban J connectivity index is 1.87. The van der Waals surface area contributed by atoms with Crippen LogP contribution >= 0.6 is 23.1 Å². The summed E-state index contributed by atoms with van der Waals surface area (Å²) < 4.78 is 5.32. The molecule has 1 aliphatic heterocycles. The van der Waals surface area contributed by atoms with Crippen LogP contribution in [0.1, 0.15) is 11.9 Å². The highest BCUT2D eigenvalue weighted by molar-refractivity contribution is 7.99. The number of nitrogen functional groups attached to an aromatic ring is 1. The third kappa shape index (κ3) is 2.13. The van der Waals surface area contributed by atoms with Crippen LogP contribution in [-0.2, 0) is 0 Å². The second-order valence-electron chi connectivity index (χ2n) is 4.23. The van der Waals surface area contributed by atoms with Crippen LogP contribution in [0.2, 0.25) is 0 Å². The number of hydrogen-bond donors (Lipinski definition) is 1. The molecular weight excluding hydrogens is 268 g/mol. The van der Waals surface area contributed by atoms with Gasteiger partial charge in [0.1, 0.15) is 4.88 Å². The van der Waals surface area contributed by atoms with E-state index in [2.05, 4.69) is 22.1 Å². The number of rotatable bonds is 2. The molecule has 0 bridgehead atoms. The van der Waals surface area contributed by atoms with E-state index in [0.717, 1.165) is 28.8 Å². The van der Waals surface area contributed by atoms with E-state index in [9.17, 15) is 0 Å². The topological polar surface area (TPSA) is 68.2 Å². The molecule has 18 heavy (non-hydrogen) atoms. The Hall–Kier alpha value is -1.05. The molecule has 0 spiro atoms. The molecule has 0 aliphatic carbocycles. The summed E-state index contributed by atoms with van der Waals surface area (Å²) in [6, 6.07) is 2.09. The van der Waals surface area contributed by atoms with Crippen molar-refractivity contribution >= 4 is 28.8 Å². The Morgan fingerprint density at radius 3 is 3.17 bits per heavy atom. The van der Waals surface area contributed by atoms with Crippen molar-refractivity contribution in [2.75, 3.05) is 30.8 Å². The van der Waals surface area contributed by atoms with Gasteiger partial charge in [-0.15, -0.1) is 11.3 Å². The van der Waals surface area contributed by atoms with E-state index in [0.29, 0.717) is 11.6 Å². The summed E-state index contributed by atoms with van der Waals surface area (Å²) in [6.07, 6.45) is 0. The summed E-state index contributed by atoms with van der Waals surface area (Å²) in [6.45, 7) is 1.06. The lowest BCUT2D eigenvalue weighted by atomic mass is 10.3. The lowest BCUT2D eigenvalue weighted by molar-refractivity contribution is 0.257. The van der Waals surface area contributed by atoms with Gasteiger partial charge >= 0.3 is 0 Å². The average Bonchev–Trinajstić information content (AvgIpc) is 2.98. The number of nitrogens with zero attached hydrogens (tertiary/aromatic N) is 3. The van der Waals surface area contributed by atoms with E-state index in [1.165, 1.54) is 11.3 Å². The van der Waals surface area contributed by atoms with Gasteiger partial charge in [-0.2, -0.15) is 16.7 Å². The molecule has 0 amide bonds. The number of hydrogen-bond acceptors (Lipinski definition) is 7. The van der Waals surface area contributed by atoms with Crippen molar-refractivity contribution in [2.24, 2.45) is 0 Å². The second kappa shape index (κ2) is 4.91. The molecule has 2 N–H and O–H groups in total. The monoisotopic (exact) mass is 282 g/mol. The highest BCUT2D eigenvalue weighted by Gasteiger charge is 2.26. The Morgan fingerprint density at radius 2 is 2.44 bits per heavy atom. The second-order valence-corrected chi connectivity index (χ2v) is 6.30. The largest absolute Gasteiger partial charge is 0.397 e. The lowest BCUT2D eigenvalue weighted by Gasteiger charge is -2.29. The van der Waals surface area contributed by atoms with Gasteiger partial charge < -0.3 is 10.3 Å². The fourth-order valence-electron chi connectivity index (χ4n) is 1.91. The molecule has 1 unspecified atom stereocenters. The smallest absolute Gasteiger partial charge is 0.270 e. The summed E-state index contributed by atoms with van der Waals surface area (Å²) in [4.78, 5) is 7.61. The maximum absolute atomic E-state index is 5.86. The van der Waals surface area contributed by atoms with Crippen LogP contribution in [0.25, 0.3) is 10.8 Å². The lowest BCUT2D eigenvalue weighted by Crippen LogP contribution is -2.33. The zero-order valence-corrected chi connectivity index (χ0v) is 11.6. The molecule has 2 aromatic rings. The van der Waals surface area contributed by atoms with Crippen LogP contribution in [-0.4, -0.2) is 40.1 Å². The van der Waals surface area contributed by atoms with Crippen LogP contribution < -0.4 is 5.73 Å². The summed E-state index contributed by atoms with van der Waals surface area (Å²) in [5.41, 5.74) is 6.55. The highest BCUT2D eigenvalue weighted by atomic mass is 32.2. The van der Waals surface area contributed by atoms with Crippen LogP contribution in [0.15, 0.2) is 16.0 Å². The number of thiophene rings is 1. The Morgan fingerprint density at radius 1 is 1.56 bits per heavy atom. The molecule has 1 atom stereocenters. The quantitative estimate of drug-likeness (QED) is 0.909. The van der Waals surface area contributed by atoms with Crippen molar-refractivity contribution < 1.29 is 4.52 Å². The van der Waals surface area contributed by atoms with Gasteiger partial charge in [-0.1, -0.05) is 5.16 Å². The van der Waals surface area contributed by atoms with Crippen molar-refractivity contribution in [3.05, 3.63) is 17.3 Å². The third-order valence-electron chi connectivity index (χ3n) is 3.03. The zero-order chi connectivity index (χ0) is 12.5. The van der Waals surface area contributed by atoms with Gasteiger partial charge in [0.2, 0.25) is 0 Å². The standard InChI is InChI=1S/C11H14N4OS2/c1-15-3-5-17-6-8(15)10-13-11(16-14-10)9-7(12)2-4-18-9/h2,4,8H,3,5-6,12H2,1H3. The third-order valence-corrected chi connectivity index (χ3v) is 4.97. The van der Waals surface area contributed by atoms with Crippen LogP contribution in [0.3, 0.4) is 0 Å². The van der Waals surface area contributed by atoms with Crippen molar-refractivity contribution in [1.82, 2.24) is 15.0 Å². The van der Waals surface area contributed by atoms with E-state index in [-0.39, 0.29) is 6.04 Å². The van der Waals surface area contributed by atoms with Gasteiger partial charge in [-0.05, 0) is 18.5 Å². The Labute approximate surface area is 113 Å². The fraction of sp³-hybridized carbons (Fsp3) is 0.455. The van der Waals surface area contributed by atoms with Crippen LogP contribution in [0, 0.1) is 0 Å². The van der Waals surface area contributed by atoms with Gasteiger partial charge in [0.15, 0.2) is 5.82 Å². The van der Waals surface area contributed by atoms with Gasteiger partial charge in [0.25, 0.3) is 5.89 Å². The first-order chi connectivity index (χ1) is 8.75. The van der Waals surface area contributed by atoms with Gasteiger partial charge in [-0.25, -0.2) is 0 Å². The summed E-state index contributed by atoms with van der Waals surface area (Å²) >= 11 is 3.45. The highest BCUT2D eigenvalue weighted by Crippen LogP contribution is 2.32. The predicted molar refractivity (Wildman–Crippen MR) is 74.7 cm³/mol. The molecule has 3 rings (SSSR count). The normalized spacial score (nSPS) is 21.3. The van der Waals surface area contributed by atoms with Crippen molar-refractivity contribution in [2.45, 2.75) is 6.04 Å². The van der Waals surface area contributed by atoms with Gasteiger partial charge in [0, 0.05) is 18.1 Å². The zero-order valence-electron chi connectivity index (χ0n) is 10.00. The molecule has 1 aliphatic rings. The molecule has 2 aromatic heterocycles. The van der Waals surface area contributed by atoms with E-state index in [1.807, 2.05) is 23.2 Å². The van der Waals surface area contributed by atoms with Crippen LogP contribution in [0.4, 0.5) is 5.69 Å². The fourth-order valence-corrected chi connectivity index (χ4v) is 3.86. The molecular formula is C11H14N4OS2. The maximum Gasteiger partial charge on any atom is 0.270 e. The van der Waals surface area contributed by atoms with Crippen molar-refractivity contribution in [3.63, 3.8) is 0 Å². The van der Waals surface area contributed by atoms with E-state index < -0.39 is 0 Å². The predicted octanol–water partition coefficient (Wildman–Crippen LogP) is 2.10. The van der Waals surface area contributed by atoms with Gasteiger partial charge in [0.05, 0.1) is 11.7 Å². The van der Waals surface area contributed by atoms with E-state index in [1.54, 1.807) is 0 Å². The molecule has 0 saturated carbocycles. The maximum atomic E-state index is 5.86. The first-order valence-electron chi connectivity index (χ1n) is 5.70. The van der Waals surface area contributed by atoms with Crippen molar-refractivity contribution in [3.8, 4) is 10.8 Å². The molecule has 96 valence electrons. The Kier molecular flexibility index (Phi) is 3.27. The minimum absolute atomic E-state index is 0.238. The molecule has 3 heterocycles. The summed E-state index contributed by atoms with van der Waals surface area (Å²) in [7, 11) is 2.10. The average molecular weight is 282 g/mol. The number of anilines is 1. The van der Waals surface area contributed by atoms with Gasteiger partial charge in [-0.3, -0.25) is 4.90 Å². The number of aromatic nitrogens is 2. The molecule has 1 saturated heterocycles. The SMILES string of the molecule is CN1CCSCC1c1noc(-c2sccc2N)n1. The summed E-state index contributed by atoms with van der Waals surface area (Å²) in [5, 5.41) is 6.03. The number of thioether (sulfide) groups is 1. The first kappa shape index (κ1) is 12.0. The molecule has 0 aromatic carbocycles. The number of nitrogens with two attached hydrogens (primary N) is 1. The molecule has 5 nitrogen and oxygen atoms in total. The van der Waals surface area contributed by atoms with E-state index in [4.69, 9.17) is 10.3 Å². The summed E-state index contributed by atoms with van der Waals surface area (Å²) in [5.74, 6) is 3.46. The first-order valence-corrected chi connectivity index (χ1v) is 7.74.